The van der Waals surface area contributed by atoms with E-state index in [-0.39, 0.29) is 29.3 Å². The summed E-state index contributed by atoms with van der Waals surface area (Å²) in [6.45, 7) is -0.243. The van der Waals surface area contributed by atoms with Crippen LogP contribution in [-0.2, 0) is 19.6 Å². The van der Waals surface area contributed by atoms with Gasteiger partial charge in [-0.2, -0.15) is 4.40 Å². The number of allylic oxidation sites excluding steroid dienone is 2. The van der Waals surface area contributed by atoms with Gasteiger partial charge in [-0.3, -0.25) is 4.79 Å². The molecule has 0 aromatic heterocycles. The lowest BCUT2D eigenvalue weighted by molar-refractivity contribution is -0.305. The average molecular weight is 377 g/mol. The molecule has 0 unspecified atom stereocenters. The van der Waals surface area contributed by atoms with Gasteiger partial charge in [-0.25, -0.2) is 8.42 Å². The normalized spacial score (nSPS) is 17.8. The van der Waals surface area contributed by atoms with Crippen LogP contribution in [0.15, 0.2) is 69.7 Å². The van der Waals surface area contributed by atoms with E-state index in [4.69, 9.17) is 9.47 Å². The second-order valence-electron chi connectivity index (χ2n) is 5.18. The van der Waals surface area contributed by atoms with Crippen molar-refractivity contribution in [3.63, 3.8) is 0 Å². The van der Waals surface area contributed by atoms with Gasteiger partial charge in [0.2, 0.25) is 6.41 Å². The summed E-state index contributed by atoms with van der Waals surface area (Å²) in [4.78, 5) is 10.4. The largest absolute Gasteiger partial charge is 0.874 e. The molecular formula is C17H17N2O6S-. The van der Waals surface area contributed by atoms with Gasteiger partial charge in [-0.15, -0.1) is 5.76 Å². The Morgan fingerprint density at radius 3 is 2.50 bits per heavy atom. The van der Waals surface area contributed by atoms with Gasteiger partial charge in [0.15, 0.2) is 5.76 Å². The number of benzene rings is 1. The molecule has 1 aliphatic rings. The van der Waals surface area contributed by atoms with Crippen LogP contribution in [-0.4, -0.2) is 40.4 Å². The summed E-state index contributed by atoms with van der Waals surface area (Å²) in [7, 11) is -2.38. The molecule has 2 rings (SSSR count). The quantitative estimate of drug-likeness (QED) is 0.538. The Balaban J connectivity index is 2.54. The number of hydrogen-bond acceptors (Lipinski definition) is 6. The van der Waals surface area contributed by atoms with Crippen LogP contribution < -0.4 is 15.2 Å². The SMILES string of the molecule is COC1=CC(=NS(C)(=O)=O)C(Oc2ccccc2)=CC1=C([O-])CNC=O. The average Bonchev–Trinajstić information content (AvgIpc) is 2.60. The third kappa shape index (κ3) is 5.21. The molecule has 0 aliphatic heterocycles. The zero-order valence-corrected chi connectivity index (χ0v) is 14.9. The number of carbonyl (C=O) groups excluding carboxylic acids is 1. The number of nitrogens with one attached hydrogen (secondary N) is 1. The van der Waals surface area contributed by atoms with Crippen LogP contribution in [0.5, 0.6) is 5.75 Å². The lowest BCUT2D eigenvalue weighted by Crippen LogP contribution is -2.25. The van der Waals surface area contributed by atoms with Gasteiger partial charge in [-0.05, 0) is 18.2 Å². The van der Waals surface area contributed by atoms with Gasteiger partial charge in [0.05, 0.1) is 13.4 Å². The lowest BCUT2D eigenvalue weighted by atomic mass is 10.0. The molecule has 0 bridgehead atoms. The number of para-hydroxylation sites is 1. The fourth-order valence-electron chi connectivity index (χ4n) is 2.11. The van der Waals surface area contributed by atoms with Gasteiger partial charge in [0.25, 0.3) is 10.0 Å². The molecule has 1 aromatic rings. The van der Waals surface area contributed by atoms with Crippen LogP contribution >= 0.6 is 0 Å². The molecule has 1 amide bonds. The van der Waals surface area contributed by atoms with Crippen LogP contribution in [0.2, 0.25) is 0 Å². The number of hydrogen-bond donors (Lipinski definition) is 1. The second-order valence-corrected chi connectivity index (χ2v) is 6.83. The fraction of sp³-hybridized carbons (Fsp3) is 0.176. The van der Waals surface area contributed by atoms with E-state index < -0.39 is 15.8 Å². The highest BCUT2D eigenvalue weighted by Crippen LogP contribution is 2.26. The Kier molecular flexibility index (Phi) is 6.18. The molecule has 1 aliphatic carbocycles. The molecule has 26 heavy (non-hydrogen) atoms. The number of amides is 1. The Morgan fingerprint density at radius 2 is 1.92 bits per heavy atom. The smallest absolute Gasteiger partial charge is 0.250 e. The maximum absolute atomic E-state index is 12.3. The molecule has 1 N–H and O–H groups in total. The zero-order valence-electron chi connectivity index (χ0n) is 14.1. The highest BCUT2D eigenvalue weighted by molar-refractivity contribution is 7.89. The first-order valence-corrected chi connectivity index (χ1v) is 9.27. The van der Waals surface area contributed by atoms with E-state index in [1.807, 2.05) is 0 Å². The van der Waals surface area contributed by atoms with Gasteiger partial charge < -0.3 is 19.9 Å². The third-order valence-electron chi connectivity index (χ3n) is 3.16. The fourth-order valence-corrected chi connectivity index (χ4v) is 2.61. The van der Waals surface area contributed by atoms with Crippen molar-refractivity contribution >= 4 is 22.1 Å². The van der Waals surface area contributed by atoms with Crippen molar-refractivity contribution in [2.24, 2.45) is 4.40 Å². The summed E-state index contributed by atoms with van der Waals surface area (Å²) in [5.41, 5.74) is 0.119. The molecule has 0 saturated heterocycles. The van der Waals surface area contributed by atoms with Gasteiger partial charge >= 0.3 is 0 Å². The van der Waals surface area contributed by atoms with Crippen molar-refractivity contribution in [1.29, 1.82) is 0 Å². The Hall–Kier alpha value is -3.07. The number of nitrogens with zero attached hydrogens (tertiary/aromatic N) is 1. The molecule has 9 heteroatoms. The molecular weight excluding hydrogens is 360 g/mol. The minimum Gasteiger partial charge on any atom is -0.874 e. The molecule has 8 nitrogen and oxygen atoms in total. The van der Waals surface area contributed by atoms with E-state index in [1.54, 1.807) is 30.3 Å². The molecule has 0 heterocycles. The van der Waals surface area contributed by atoms with Gasteiger partial charge in [0.1, 0.15) is 17.2 Å². The number of methoxy groups -OCH3 is 1. The first-order valence-electron chi connectivity index (χ1n) is 7.42. The van der Waals surface area contributed by atoms with Crippen molar-refractivity contribution in [1.82, 2.24) is 5.32 Å². The summed E-state index contributed by atoms with van der Waals surface area (Å²) in [5, 5.41) is 14.6. The van der Waals surface area contributed by atoms with Gasteiger partial charge in [-0.1, -0.05) is 18.2 Å². The summed E-state index contributed by atoms with van der Waals surface area (Å²) in [5.74, 6) is 0.187. The Labute approximate surface area is 151 Å². The third-order valence-corrected chi connectivity index (χ3v) is 3.69. The molecule has 0 fully saturated rings. The molecule has 0 saturated carbocycles. The number of carbonyl (C=O) groups is 1. The number of rotatable bonds is 7. The molecule has 0 atom stereocenters. The molecule has 0 radical (unpaired) electrons. The predicted molar refractivity (Wildman–Crippen MR) is 93.6 cm³/mol. The van der Waals surface area contributed by atoms with Crippen LogP contribution in [0.3, 0.4) is 0 Å². The van der Waals surface area contributed by atoms with Crippen LogP contribution in [0.25, 0.3) is 0 Å². The Bertz CT molecular complexity index is 898. The van der Waals surface area contributed by atoms with Crippen LogP contribution in [0.4, 0.5) is 0 Å². The molecule has 1 aromatic carbocycles. The first kappa shape index (κ1) is 19.3. The predicted octanol–water partition coefficient (Wildman–Crippen LogP) is 0.254. The highest BCUT2D eigenvalue weighted by atomic mass is 32.2. The minimum atomic E-state index is -3.72. The number of sulfonamides is 1. The molecule has 0 spiro atoms. The Morgan fingerprint density at radius 1 is 1.23 bits per heavy atom. The zero-order chi connectivity index (χ0) is 19.2. The van der Waals surface area contributed by atoms with Crippen molar-refractivity contribution in [3.05, 3.63) is 65.3 Å². The maximum atomic E-state index is 12.3. The summed E-state index contributed by atoms with van der Waals surface area (Å²) < 4.78 is 37.7. The van der Waals surface area contributed by atoms with E-state index in [0.717, 1.165) is 6.26 Å². The van der Waals surface area contributed by atoms with Gasteiger partial charge in [0, 0.05) is 18.2 Å². The number of ether oxygens (including phenoxy) is 2. The van der Waals surface area contributed by atoms with Crippen LogP contribution in [0, 0.1) is 0 Å². The van der Waals surface area contributed by atoms with E-state index in [1.165, 1.54) is 19.3 Å². The second kappa shape index (κ2) is 8.34. The topological polar surface area (TPSA) is 117 Å². The lowest BCUT2D eigenvalue weighted by Gasteiger charge is -2.23. The van der Waals surface area contributed by atoms with E-state index in [9.17, 15) is 18.3 Å². The van der Waals surface area contributed by atoms with Crippen molar-refractivity contribution in [3.8, 4) is 5.75 Å². The van der Waals surface area contributed by atoms with E-state index in [2.05, 4.69) is 9.71 Å². The first-order chi connectivity index (χ1) is 12.3. The summed E-state index contributed by atoms with van der Waals surface area (Å²) >= 11 is 0. The summed E-state index contributed by atoms with van der Waals surface area (Å²) in [6.07, 6.45) is 3.98. The summed E-state index contributed by atoms with van der Waals surface area (Å²) in [6, 6.07) is 8.62. The maximum Gasteiger partial charge on any atom is 0.250 e. The minimum absolute atomic E-state index is 0.00639. The van der Waals surface area contributed by atoms with Crippen molar-refractivity contribution < 1.29 is 27.8 Å². The van der Waals surface area contributed by atoms with Crippen molar-refractivity contribution in [2.75, 3.05) is 19.9 Å². The highest BCUT2D eigenvalue weighted by Gasteiger charge is 2.21. The standard InChI is InChI=1S/C17H18N2O6S/c1-24-16-9-14(19-26(2,22)23)17(25-12-6-4-3-5-7-12)8-13(16)15(21)10-18-11-20/h3-9,11,21H,10H2,1-2H3,(H,18,20)/p-1. The van der Waals surface area contributed by atoms with E-state index >= 15 is 0 Å². The monoisotopic (exact) mass is 377 g/mol. The molecule has 138 valence electrons. The van der Waals surface area contributed by atoms with Crippen LogP contribution in [0.1, 0.15) is 0 Å². The van der Waals surface area contributed by atoms with E-state index in [0.29, 0.717) is 12.2 Å². The van der Waals surface area contributed by atoms with Crippen molar-refractivity contribution in [2.45, 2.75) is 0 Å².